The van der Waals surface area contributed by atoms with Gasteiger partial charge in [0.2, 0.25) is 0 Å². The first-order valence-corrected chi connectivity index (χ1v) is 10.7. The first-order valence-electron chi connectivity index (χ1n) is 10.7. The number of alkyl halides is 3. The molecule has 34 heavy (non-hydrogen) atoms. The van der Waals surface area contributed by atoms with Gasteiger partial charge in [0, 0.05) is 5.69 Å². The molecule has 4 aromatic rings. The molecule has 0 saturated carbocycles. The van der Waals surface area contributed by atoms with Gasteiger partial charge in [-0.25, -0.2) is 0 Å². The van der Waals surface area contributed by atoms with E-state index in [2.05, 4.69) is 0 Å². The first-order chi connectivity index (χ1) is 16.1. The third-order valence-corrected chi connectivity index (χ3v) is 5.80. The first kappa shape index (κ1) is 23.2. The summed E-state index contributed by atoms with van der Waals surface area (Å²) in [6.45, 7) is 3.14. The lowest BCUT2D eigenvalue weighted by Gasteiger charge is -2.33. The normalized spacial score (nSPS) is 13.2. The predicted molar refractivity (Wildman–Crippen MR) is 128 cm³/mol. The molecule has 0 aliphatic heterocycles. The Kier molecular flexibility index (Phi) is 6.24. The van der Waals surface area contributed by atoms with Crippen molar-refractivity contribution >= 4 is 5.69 Å². The Hall–Kier alpha value is -3.93. The number of benzene rings is 4. The van der Waals surface area contributed by atoms with Crippen LogP contribution in [-0.4, -0.2) is 6.18 Å². The monoisotopic (exact) mass is 463 g/mol. The van der Waals surface area contributed by atoms with Crippen molar-refractivity contribution in [2.75, 3.05) is 5.73 Å². The maximum absolute atomic E-state index is 14.4. The van der Waals surface area contributed by atoms with Crippen molar-refractivity contribution < 1.29 is 22.6 Å². The van der Waals surface area contributed by atoms with Gasteiger partial charge in [-0.2, -0.15) is 13.2 Å². The fourth-order valence-corrected chi connectivity index (χ4v) is 3.62. The molecule has 4 rings (SSSR count). The second-order valence-corrected chi connectivity index (χ2v) is 8.26. The summed E-state index contributed by atoms with van der Waals surface area (Å²) >= 11 is 0. The molecule has 0 aromatic heterocycles. The molecule has 0 bridgehead atoms. The minimum atomic E-state index is -4.52. The van der Waals surface area contributed by atoms with E-state index in [1.807, 2.05) is 31.2 Å². The van der Waals surface area contributed by atoms with Crippen LogP contribution in [0.1, 0.15) is 23.6 Å². The summed E-state index contributed by atoms with van der Waals surface area (Å²) in [5.41, 5.74) is 5.36. The molecule has 0 amide bonds. The van der Waals surface area contributed by atoms with Gasteiger partial charge in [-0.1, -0.05) is 42.0 Å². The highest BCUT2D eigenvalue weighted by molar-refractivity contribution is 5.47. The number of hydrogen-bond acceptors (Lipinski definition) is 3. The highest BCUT2D eigenvalue weighted by Crippen LogP contribution is 2.47. The van der Waals surface area contributed by atoms with Gasteiger partial charge in [0.05, 0.1) is 0 Å². The van der Waals surface area contributed by atoms with Crippen LogP contribution in [0.15, 0.2) is 97.1 Å². The SMILES string of the molecule is Cc1ccc(Oc2ccc(C(C)(c3ccc(Oc4ccc(N)cc4)cc3)C(F)(F)F)cc2)cc1. The molecule has 3 nitrogen and oxygen atoms in total. The maximum Gasteiger partial charge on any atom is 0.402 e. The molecular formula is C28H24F3NO2. The van der Waals surface area contributed by atoms with Gasteiger partial charge in [0.1, 0.15) is 28.4 Å². The molecule has 0 radical (unpaired) electrons. The van der Waals surface area contributed by atoms with Gasteiger partial charge in [-0.05, 0) is 85.6 Å². The van der Waals surface area contributed by atoms with E-state index in [9.17, 15) is 13.2 Å². The van der Waals surface area contributed by atoms with Crippen LogP contribution >= 0.6 is 0 Å². The molecule has 174 valence electrons. The van der Waals surface area contributed by atoms with Crippen molar-refractivity contribution in [3.63, 3.8) is 0 Å². The summed E-state index contributed by atoms with van der Waals surface area (Å²) in [6, 6.07) is 26.2. The van der Waals surface area contributed by atoms with E-state index < -0.39 is 11.6 Å². The molecule has 0 aliphatic rings. The smallest absolute Gasteiger partial charge is 0.402 e. The van der Waals surface area contributed by atoms with Gasteiger partial charge in [0.15, 0.2) is 0 Å². The molecule has 1 unspecified atom stereocenters. The molecular weight excluding hydrogens is 439 g/mol. The number of ether oxygens (including phenoxy) is 2. The van der Waals surface area contributed by atoms with Crippen molar-refractivity contribution in [1.29, 1.82) is 0 Å². The van der Waals surface area contributed by atoms with E-state index in [1.54, 1.807) is 36.4 Å². The molecule has 0 aliphatic carbocycles. The van der Waals surface area contributed by atoms with Gasteiger partial charge in [-0.3, -0.25) is 0 Å². The predicted octanol–water partition coefficient (Wildman–Crippen LogP) is 8.03. The lowest BCUT2D eigenvalue weighted by atomic mass is 9.75. The van der Waals surface area contributed by atoms with Crippen molar-refractivity contribution in [3.05, 3.63) is 114 Å². The van der Waals surface area contributed by atoms with E-state index in [1.165, 1.54) is 43.3 Å². The average Bonchev–Trinajstić information content (AvgIpc) is 2.82. The number of anilines is 1. The van der Waals surface area contributed by atoms with E-state index >= 15 is 0 Å². The number of nitrogen functional groups attached to an aromatic ring is 1. The lowest BCUT2D eigenvalue weighted by molar-refractivity contribution is -0.173. The molecule has 0 spiro atoms. The highest BCUT2D eigenvalue weighted by atomic mass is 19.4. The van der Waals surface area contributed by atoms with Crippen LogP contribution in [-0.2, 0) is 5.41 Å². The zero-order valence-corrected chi connectivity index (χ0v) is 18.8. The van der Waals surface area contributed by atoms with Crippen LogP contribution in [0.5, 0.6) is 23.0 Å². The summed E-state index contributed by atoms with van der Waals surface area (Å²) in [7, 11) is 0. The van der Waals surface area contributed by atoms with Crippen molar-refractivity contribution in [2.24, 2.45) is 0 Å². The third kappa shape index (κ3) is 4.86. The topological polar surface area (TPSA) is 44.5 Å². The van der Waals surface area contributed by atoms with Crippen LogP contribution in [0, 0.1) is 6.92 Å². The van der Waals surface area contributed by atoms with Gasteiger partial charge in [-0.15, -0.1) is 0 Å². The van der Waals surface area contributed by atoms with Crippen molar-refractivity contribution in [1.82, 2.24) is 0 Å². The highest BCUT2D eigenvalue weighted by Gasteiger charge is 2.53. The van der Waals surface area contributed by atoms with Crippen LogP contribution in [0.2, 0.25) is 0 Å². The number of halogens is 3. The second-order valence-electron chi connectivity index (χ2n) is 8.26. The zero-order chi connectivity index (χ0) is 24.3. The summed E-state index contributed by atoms with van der Waals surface area (Å²) < 4.78 is 54.6. The minimum absolute atomic E-state index is 0.108. The molecule has 2 N–H and O–H groups in total. The van der Waals surface area contributed by atoms with Gasteiger partial charge < -0.3 is 15.2 Å². The summed E-state index contributed by atoms with van der Waals surface area (Å²) in [6.07, 6.45) is -4.52. The Morgan fingerprint density at radius 3 is 1.24 bits per heavy atom. The number of nitrogens with two attached hydrogens (primary N) is 1. The molecule has 4 aromatic carbocycles. The second kappa shape index (κ2) is 9.14. The van der Waals surface area contributed by atoms with Gasteiger partial charge >= 0.3 is 6.18 Å². The fourth-order valence-electron chi connectivity index (χ4n) is 3.62. The van der Waals surface area contributed by atoms with E-state index in [0.29, 0.717) is 28.7 Å². The summed E-state index contributed by atoms with van der Waals surface area (Å²) in [5.74, 6) is 2.06. The maximum atomic E-state index is 14.4. The van der Waals surface area contributed by atoms with Gasteiger partial charge in [0.25, 0.3) is 0 Å². The zero-order valence-electron chi connectivity index (χ0n) is 18.8. The molecule has 0 fully saturated rings. The standard InChI is InChI=1S/C28H24F3NO2/c1-19-3-11-23(12-4-19)33-24-13-5-20(6-14-24)27(2,28(29,30)31)21-7-15-25(16-8-21)34-26-17-9-22(32)10-18-26/h3-18H,32H2,1-2H3. The summed E-state index contributed by atoms with van der Waals surface area (Å²) in [5, 5.41) is 0. The fraction of sp³-hybridized carbons (Fsp3) is 0.143. The summed E-state index contributed by atoms with van der Waals surface area (Å²) in [4.78, 5) is 0. The number of aryl methyl sites for hydroxylation is 1. The molecule has 0 saturated heterocycles. The Bertz CT molecular complexity index is 1140. The van der Waals surface area contributed by atoms with Crippen molar-refractivity contribution in [2.45, 2.75) is 25.4 Å². The van der Waals surface area contributed by atoms with Crippen LogP contribution < -0.4 is 15.2 Å². The van der Waals surface area contributed by atoms with E-state index in [4.69, 9.17) is 15.2 Å². The number of hydrogen-bond donors (Lipinski definition) is 1. The average molecular weight is 463 g/mol. The van der Waals surface area contributed by atoms with Crippen molar-refractivity contribution in [3.8, 4) is 23.0 Å². The Labute approximate surface area is 196 Å². The largest absolute Gasteiger partial charge is 0.457 e. The lowest BCUT2D eigenvalue weighted by Crippen LogP contribution is -2.40. The van der Waals surface area contributed by atoms with E-state index in [-0.39, 0.29) is 11.1 Å². The quantitative estimate of drug-likeness (QED) is 0.294. The third-order valence-electron chi connectivity index (χ3n) is 5.80. The minimum Gasteiger partial charge on any atom is -0.457 e. The van der Waals surface area contributed by atoms with Crippen LogP contribution in [0.25, 0.3) is 0 Å². The number of rotatable bonds is 6. The Morgan fingerprint density at radius 2 is 0.882 bits per heavy atom. The Balaban J connectivity index is 1.58. The van der Waals surface area contributed by atoms with Crippen LogP contribution in [0.4, 0.5) is 18.9 Å². The van der Waals surface area contributed by atoms with Crippen LogP contribution in [0.3, 0.4) is 0 Å². The molecule has 1 atom stereocenters. The molecule has 6 heteroatoms. The Morgan fingerprint density at radius 1 is 0.559 bits per heavy atom. The van der Waals surface area contributed by atoms with E-state index in [0.717, 1.165) is 5.56 Å². The molecule has 0 heterocycles.